The minimum Gasteiger partial charge on any atom is -0.394 e. The number of rotatable bonds is 10. The maximum atomic E-state index is 12.7. The summed E-state index contributed by atoms with van der Waals surface area (Å²) in [6, 6.07) is -0.974. The second-order valence-corrected chi connectivity index (χ2v) is 7.97. The quantitative estimate of drug-likeness (QED) is 0.299. The maximum Gasteiger partial charge on any atom is 0.253 e. The molecule has 2 amide bonds. The van der Waals surface area contributed by atoms with Crippen molar-refractivity contribution >= 4 is 40.8 Å². The number of nitrogens with zero attached hydrogens (tertiary/aromatic N) is 1. The molecule has 0 aromatic carbocycles. The highest BCUT2D eigenvalue weighted by Crippen LogP contribution is 2.30. The van der Waals surface area contributed by atoms with Crippen LogP contribution >= 0.6 is 23.2 Å². The lowest BCUT2D eigenvalue weighted by Crippen LogP contribution is -2.55. The minimum atomic E-state index is -1.32. The molecule has 1 aromatic heterocycles. The number of aliphatic hydroxyl groups excluding tert-OH is 2. The molecule has 0 spiro atoms. The average molecular weight is 448 g/mol. The molecule has 0 bridgehead atoms. The number of hydrogen-bond acceptors (Lipinski definition) is 7. The zero-order chi connectivity index (χ0) is 21.8. The number of amides is 2. The lowest BCUT2D eigenvalue weighted by molar-refractivity contribution is -0.133. The van der Waals surface area contributed by atoms with Crippen molar-refractivity contribution in [1.29, 1.82) is 0 Å². The molecule has 2 heterocycles. The Morgan fingerprint density at radius 2 is 1.90 bits per heavy atom. The predicted molar refractivity (Wildman–Crippen MR) is 105 cm³/mol. The molecule has 160 valence electrons. The Kier molecular flexibility index (Phi) is 7.95. The third-order valence-corrected chi connectivity index (χ3v) is 5.09. The number of carbonyl (C=O) groups is 3. The molecule has 0 radical (unpaired) electrons. The van der Waals surface area contributed by atoms with Gasteiger partial charge in [-0.25, -0.2) is 4.98 Å². The molecular weight excluding hydrogens is 425 g/mol. The van der Waals surface area contributed by atoms with Gasteiger partial charge in [0.1, 0.15) is 11.2 Å². The zero-order valence-corrected chi connectivity index (χ0v) is 17.5. The van der Waals surface area contributed by atoms with Gasteiger partial charge in [0.05, 0.1) is 36.4 Å². The summed E-state index contributed by atoms with van der Waals surface area (Å²) >= 11 is 11.5. The van der Waals surface area contributed by atoms with Crippen LogP contribution in [0, 0.1) is 5.92 Å². The molecule has 3 atom stereocenters. The number of epoxide rings is 1. The summed E-state index contributed by atoms with van der Waals surface area (Å²) in [4.78, 5) is 41.3. The van der Waals surface area contributed by atoms with E-state index in [0.717, 1.165) is 0 Å². The molecule has 1 fully saturated rings. The molecule has 2 rings (SSSR count). The fraction of sp³-hybridized carbons (Fsp3) is 0.556. The van der Waals surface area contributed by atoms with Gasteiger partial charge < -0.3 is 25.6 Å². The van der Waals surface area contributed by atoms with Crippen LogP contribution in [0.25, 0.3) is 0 Å². The lowest BCUT2D eigenvalue weighted by atomic mass is 9.92. The molecule has 2 unspecified atom stereocenters. The topological polar surface area (TPSA) is 141 Å². The summed E-state index contributed by atoms with van der Waals surface area (Å²) in [5.74, 6) is -1.84. The molecule has 9 nitrogen and oxygen atoms in total. The molecule has 1 saturated heterocycles. The Bertz CT molecular complexity index is 785. The van der Waals surface area contributed by atoms with E-state index in [4.69, 9.17) is 27.9 Å². The fourth-order valence-corrected chi connectivity index (χ4v) is 2.94. The molecule has 0 saturated carbocycles. The monoisotopic (exact) mass is 447 g/mol. The van der Waals surface area contributed by atoms with Crippen LogP contribution in [0.4, 0.5) is 0 Å². The summed E-state index contributed by atoms with van der Waals surface area (Å²) < 4.78 is 5.08. The van der Waals surface area contributed by atoms with E-state index in [2.05, 4.69) is 15.6 Å². The van der Waals surface area contributed by atoms with Gasteiger partial charge in [-0.15, -0.1) is 0 Å². The van der Waals surface area contributed by atoms with Gasteiger partial charge in [0.15, 0.2) is 11.4 Å². The smallest absolute Gasteiger partial charge is 0.253 e. The third-order valence-electron chi connectivity index (χ3n) is 4.40. The summed E-state index contributed by atoms with van der Waals surface area (Å²) in [5.41, 5.74) is -1.25. The Morgan fingerprint density at radius 3 is 2.38 bits per heavy atom. The van der Waals surface area contributed by atoms with Crippen molar-refractivity contribution in [2.45, 2.75) is 38.0 Å². The largest absolute Gasteiger partial charge is 0.394 e. The fourth-order valence-electron chi connectivity index (χ4n) is 2.67. The van der Waals surface area contributed by atoms with Crippen molar-refractivity contribution < 1.29 is 29.3 Å². The number of ketones is 1. The Morgan fingerprint density at radius 1 is 1.24 bits per heavy atom. The first kappa shape index (κ1) is 23.5. The number of halogens is 2. The molecule has 11 heteroatoms. The van der Waals surface area contributed by atoms with Crippen LogP contribution in [0.15, 0.2) is 12.3 Å². The maximum absolute atomic E-state index is 12.7. The van der Waals surface area contributed by atoms with Gasteiger partial charge in [-0.3, -0.25) is 14.4 Å². The van der Waals surface area contributed by atoms with E-state index in [1.54, 1.807) is 0 Å². The molecule has 4 N–H and O–H groups in total. The SMILES string of the molecule is CC(C)CC(NC(=O)[C@H](CO)NC(=O)c1cnc(Cl)c(Cl)c1)C(=O)C1(CO)CO1. The molecular formula is C18H23Cl2N3O6. The molecule has 29 heavy (non-hydrogen) atoms. The number of hydrogen-bond donors (Lipinski definition) is 4. The zero-order valence-electron chi connectivity index (χ0n) is 15.9. The minimum absolute atomic E-state index is 0.0230. The summed E-state index contributed by atoms with van der Waals surface area (Å²) in [6.45, 7) is 2.64. The highest BCUT2D eigenvalue weighted by Gasteiger charge is 2.54. The van der Waals surface area contributed by atoms with E-state index < -0.39 is 48.5 Å². The third kappa shape index (κ3) is 5.86. The molecule has 1 aliphatic rings. The van der Waals surface area contributed by atoms with Crippen LogP contribution in [0.2, 0.25) is 10.2 Å². The number of aromatic nitrogens is 1. The second kappa shape index (κ2) is 9.82. The summed E-state index contributed by atoms with van der Waals surface area (Å²) in [7, 11) is 0. The van der Waals surface area contributed by atoms with Crippen LogP contribution in [0.5, 0.6) is 0 Å². The molecule has 1 aliphatic heterocycles. The highest BCUT2D eigenvalue weighted by molar-refractivity contribution is 6.41. The van der Waals surface area contributed by atoms with Gasteiger partial charge >= 0.3 is 0 Å². The van der Waals surface area contributed by atoms with Crippen LogP contribution in [0.1, 0.15) is 30.6 Å². The van der Waals surface area contributed by atoms with Crippen LogP contribution < -0.4 is 10.6 Å². The Balaban J connectivity index is 2.08. The first-order valence-corrected chi connectivity index (χ1v) is 9.71. The van der Waals surface area contributed by atoms with Crippen molar-refractivity contribution in [2.24, 2.45) is 5.92 Å². The van der Waals surface area contributed by atoms with Crippen LogP contribution in [-0.2, 0) is 14.3 Å². The number of ether oxygens (including phenoxy) is 1. The van der Waals surface area contributed by atoms with Gasteiger partial charge in [0.25, 0.3) is 5.91 Å². The van der Waals surface area contributed by atoms with Crippen molar-refractivity contribution in [3.8, 4) is 0 Å². The standard InChI is InChI=1S/C18H23Cl2N3O6/c1-9(2)3-12(14(26)18(7-25)8-29-18)22-17(28)13(6-24)23-16(27)10-4-11(19)15(20)21-5-10/h4-5,9,12-13,24-25H,3,6-8H2,1-2H3,(H,22,28)(H,23,27)/t12?,13-,18?/m0/s1. The van der Waals surface area contributed by atoms with E-state index in [-0.39, 0.29) is 28.3 Å². The number of Topliss-reactive ketones (excluding diaryl/α,β-unsaturated/α-hetero) is 1. The van der Waals surface area contributed by atoms with Gasteiger partial charge in [-0.1, -0.05) is 37.0 Å². The number of nitrogens with one attached hydrogen (secondary N) is 2. The van der Waals surface area contributed by atoms with E-state index in [0.29, 0.717) is 6.42 Å². The van der Waals surface area contributed by atoms with Crippen molar-refractivity contribution in [2.75, 3.05) is 19.8 Å². The normalized spacial score (nSPS) is 20.1. The number of pyridine rings is 1. The lowest BCUT2D eigenvalue weighted by Gasteiger charge is -2.24. The Hall–Kier alpha value is -1.78. The number of aliphatic hydroxyl groups is 2. The van der Waals surface area contributed by atoms with Crippen molar-refractivity contribution in [3.63, 3.8) is 0 Å². The van der Waals surface area contributed by atoms with Crippen LogP contribution in [-0.4, -0.2) is 70.3 Å². The summed E-state index contributed by atoms with van der Waals surface area (Å²) in [6.07, 6.45) is 1.48. The first-order valence-electron chi connectivity index (χ1n) is 8.95. The molecule has 0 aliphatic carbocycles. The van der Waals surface area contributed by atoms with Crippen molar-refractivity contribution in [1.82, 2.24) is 15.6 Å². The van der Waals surface area contributed by atoms with E-state index in [9.17, 15) is 24.6 Å². The van der Waals surface area contributed by atoms with Gasteiger partial charge in [-0.2, -0.15) is 0 Å². The average Bonchev–Trinajstić information content (AvgIpc) is 3.47. The molecule has 1 aromatic rings. The highest BCUT2D eigenvalue weighted by atomic mass is 35.5. The van der Waals surface area contributed by atoms with Crippen molar-refractivity contribution in [3.05, 3.63) is 28.0 Å². The van der Waals surface area contributed by atoms with E-state index in [1.807, 2.05) is 13.8 Å². The number of carbonyl (C=O) groups excluding carboxylic acids is 3. The predicted octanol–water partition coefficient (Wildman–Crippen LogP) is 0.340. The van der Waals surface area contributed by atoms with E-state index in [1.165, 1.54) is 12.3 Å². The Labute approximate surface area is 177 Å². The summed E-state index contributed by atoms with van der Waals surface area (Å²) in [5, 5.41) is 23.9. The van der Waals surface area contributed by atoms with Crippen LogP contribution in [0.3, 0.4) is 0 Å². The van der Waals surface area contributed by atoms with E-state index >= 15 is 0 Å². The van der Waals surface area contributed by atoms with Gasteiger partial charge in [-0.05, 0) is 18.4 Å². The first-order chi connectivity index (χ1) is 13.6. The van der Waals surface area contributed by atoms with Gasteiger partial charge in [0, 0.05) is 6.20 Å². The van der Waals surface area contributed by atoms with Gasteiger partial charge in [0.2, 0.25) is 5.91 Å². The second-order valence-electron chi connectivity index (χ2n) is 7.20.